The lowest BCUT2D eigenvalue weighted by Crippen LogP contribution is -2.07. The van der Waals surface area contributed by atoms with Crippen LogP contribution in [0.25, 0.3) is 0 Å². The minimum Gasteiger partial charge on any atom is -0.388 e. The second kappa shape index (κ2) is 4.58. The predicted octanol–water partition coefficient (Wildman–Crippen LogP) is 2.15. The van der Waals surface area contributed by atoms with Crippen molar-refractivity contribution in [1.82, 2.24) is 0 Å². The van der Waals surface area contributed by atoms with Gasteiger partial charge in [-0.1, -0.05) is 30.3 Å². The molecule has 0 aliphatic carbocycles. The molecule has 0 unspecified atom stereocenters. The van der Waals surface area contributed by atoms with Crippen molar-refractivity contribution in [2.24, 2.45) is 5.92 Å². The number of aliphatic hydroxyl groups is 1. The Balaban J connectivity index is 1.92. The van der Waals surface area contributed by atoms with Gasteiger partial charge in [0.05, 0.1) is 6.10 Å². The minimum absolute atomic E-state index is 0.331. The summed E-state index contributed by atoms with van der Waals surface area (Å²) < 4.78 is 5.28. The highest BCUT2D eigenvalue weighted by atomic mass is 16.5. The first-order valence-electron chi connectivity index (χ1n) is 5.17. The van der Waals surface area contributed by atoms with Crippen LogP contribution in [0, 0.1) is 5.92 Å². The number of benzene rings is 1. The van der Waals surface area contributed by atoms with Crippen molar-refractivity contribution in [3.8, 4) is 0 Å². The summed E-state index contributed by atoms with van der Waals surface area (Å²) in [5.41, 5.74) is 1.01. The molecule has 2 rings (SSSR count). The monoisotopic (exact) mass is 192 g/mol. The van der Waals surface area contributed by atoms with Crippen LogP contribution >= 0.6 is 0 Å². The fourth-order valence-electron chi connectivity index (χ4n) is 1.90. The minimum atomic E-state index is -0.331. The van der Waals surface area contributed by atoms with Crippen LogP contribution in [-0.2, 0) is 4.74 Å². The molecule has 1 aliphatic heterocycles. The maximum absolute atomic E-state index is 9.93. The molecule has 2 nitrogen and oxygen atoms in total. The Morgan fingerprint density at radius 2 is 2.14 bits per heavy atom. The largest absolute Gasteiger partial charge is 0.388 e. The van der Waals surface area contributed by atoms with Crippen LogP contribution in [0.3, 0.4) is 0 Å². The summed E-state index contributed by atoms with van der Waals surface area (Å²) in [6.07, 6.45) is 1.58. The Labute approximate surface area is 84.5 Å². The van der Waals surface area contributed by atoms with E-state index in [2.05, 4.69) is 0 Å². The van der Waals surface area contributed by atoms with Crippen molar-refractivity contribution in [1.29, 1.82) is 0 Å². The van der Waals surface area contributed by atoms with Crippen molar-refractivity contribution >= 4 is 0 Å². The van der Waals surface area contributed by atoms with Gasteiger partial charge in [0.25, 0.3) is 0 Å². The van der Waals surface area contributed by atoms with Crippen LogP contribution < -0.4 is 0 Å². The van der Waals surface area contributed by atoms with E-state index in [0.717, 1.165) is 31.6 Å². The third kappa shape index (κ3) is 2.34. The molecule has 76 valence electrons. The molecule has 0 radical (unpaired) electrons. The molecule has 1 N–H and O–H groups in total. The van der Waals surface area contributed by atoms with Gasteiger partial charge in [-0.2, -0.15) is 0 Å². The maximum atomic E-state index is 9.93. The van der Waals surface area contributed by atoms with E-state index in [1.807, 2.05) is 30.3 Å². The van der Waals surface area contributed by atoms with Gasteiger partial charge in [0.15, 0.2) is 0 Å². The Bertz CT molecular complexity index is 265. The van der Waals surface area contributed by atoms with Gasteiger partial charge in [0.1, 0.15) is 0 Å². The quantitative estimate of drug-likeness (QED) is 0.795. The third-order valence-electron chi connectivity index (χ3n) is 2.76. The van der Waals surface area contributed by atoms with E-state index in [1.165, 1.54) is 0 Å². The number of ether oxygens (including phenoxy) is 1. The van der Waals surface area contributed by atoms with E-state index < -0.39 is 0 Å². The molecule has 0 bridgehead atoms. The first-order chi connectivity index (χ1) is 6.86. The summed E-state index contributed by atoms with van der Waals surface area (Å²) in [4.78, 5) is 0. The molecule has 1 aromatic carbocycles. The molecule has 2 atom stereocenters. The highest BCUT2D eigenvalue weighted by molar-refractivity contribution is 5.17. The van der Waals surface area contributed by atoms with E-state index in [-0.39, 0.29) is 6.10 Å². The highest BCUT2D eigenvalue weighted by Crippen LogP contribution is 2.25. The van der Waals surface area contributed by atoms with Crippen LogP contribution in [0.2, 0.25) is 0 Å². The topological polar surface area (TPSA) is 29.5 Å². The molecule has 0 aromatic heterocycles. The third-order valence-corrected chi connectivity index (χ3v) is 2.76. The molecule has 1 fully saturated rings. The van der Waals surface area contributed by atoms with E-state index in [4.69, 9.17) is 4.74 Å². The fourth-order valence-corrected chi connectivity index (χ4v) is 1.90. The van der Waals surface area contributed by atoms with Gasteiger partial charge < -0.3 is 9.84 Å². The Morgan fingerprint density at radius 3 is 2.79 bits per heavy atom. The Morgan fingerprint density at radius 1 is 1.36 bits per heavy atom. The van der Waals surface area contributed by atoms with Crippen molar-refractivity contribution < 1.29 is 9.84 Å². The average molecular weight is 192 g/mol. The first kappa shape index (κ1) is 9.69. The van der Waals surface area contributed by atoms with Crippen molar-refractivity contribution in [2.45, 2.75) is 18.9 Å². The molecule has 1 aliphatic rings. The summed E-state index contributed by atoms with van der Waals surface area (Å²) in [5.74, 6) is 0.533. The van der Waals surface area contributed by atoms with Crippen LogP contribution in [0.15, 0.2) is 30.3 Å². The van der Waals surface area contributed by atoms with Crippen molar-refractivity contribution in [2.75, 3.05) is 13.2 Å². The Hall–Kier alpha value is -0.860. The summed E-state index contributed by atoms with van der Waals surface area (Å²) in [7, 11) is 0. The normalized spacial score (nSPS) is 23.6. The van der Waals surface area contributed by atoms with Crippen molar-refractivity contribution in [3.05, 3.63) is 35.9 Å². The number of hydrogen-bond donors (Lipinski definition) is 1. The van der Waals surface area contributed by atoms with E-state index in [0.29, 0.717) is 5.92 Å². The van der Waals surface area contributed by atoms with Gasteiger partial charge in [0, 0.05) is 13.2 Å². The van der Waals surface area contributed by atoms with Crippen LogP contribution in [0.1, 0.15) is 24.5 Å². The van der Waals surface area contributed by atoms with Crippen molar-refractivity contribution in [3.63, 3.8) is 0 Å². The second-order valence-electron chi connectivity index (χ2n) is 3.89. The number of hydrogen-bond acceptors (Lipinski definition) is 2. The predicted molar refractivity (Wildman–Crippen MR) is 54.9 cm³/mol. The van der Waals surface area contributed by atoms with Gasteiger partial charge in [-0.05, 0) is 24.3 Å². The first-order valence-corrected chi connectivity index (χ1v) is 5.17. The van der Waals surface area contributed by atoms with Crippen LogP contribution in [0.5, 0.6) is 0 Å². The zero-order valence-electron chi connectivity index (χ0n) is 8.23. The number of aliphatic hydroxyl groups excluding tert-OH is 1. The van der Waals surface area contributed by atoms with Gasteiger partial charge in [-0.3, -0.25) is 0 Å². The fraction of sp³-hybridized carbons (Fsp3) is 0.500. The van der Waals surface area contributed by atoms with Gasteiger partial charge in [0.2, 0.25) is 0 Å². The molecule has 1 saturated heterocycles. The lowest BCUT2D eigenvalue weighted by atomic mass is 9.96. The number of rotatable bonds is 3. The molecule has 1 aromatic rings. The standard InChI is InChI=1S/C12H16O2/c13-12(8-10-6-7-14-9-10)11-4-2-1-3-5-11/h1-5,10,12-13H,6-9H2/t10-,12+/m1/s1. The summed E-state index contributed by atoms with van der Waals surface area (Å²) >= 11 is 0. The van der Waals surface area contributed by atoms with Crippen LogP contribution in [0.4, 0.5) is 0 Å². The van der Waals surface area contributed by atoms with Crippen LogP contribution in [-0.4, -0.2) is 18.3 Å². The molecule has 2 heteroatoms. The molecule has 0 saturated carbocycles. The molecule has 14 heavy (non-hydrogen) atoms. The molecule has 1 heterocycles. The van der Waals surface area contributed by atoms with Gasteiger partial charge >= 0.3 is 0 Å². The van der Waals surface area contributed by atoms with E-state index in [9.17, 15) is 5.11 Å². The smallest absolute Gasteiger partial charge is 0.0793 e. The zero-order chi connectivity index (χ0) is 9.80. The zero-order valence-corrected chi connectivity index (χ0v) is 8.23. The summed E-state index contributed by atoms with van der Waals surface area (Å²) in [6, 6.07) is 9.84. The summed E-state index contributed by atoms with van der Waals surface area (Å²) in [6.45, 7) is 1.66. The highest BCUT2D eigenvalue weighted by Gasteiger charge is 2.19. The van der Waals surface area contributed by atoms with E-state index >= 15 is 0 Å². The summed E-state index contributed by atoms with van der Waals surface area (Å²) in [5, 5.41) is 9.93. The van der Waals surface area contributed by atoms with Gasteiger partial charge in [-0.15, -0.1) is 0 Å². The van der Waals surface area contributed by atoms with E-state index in [1.54, 1.807) is 0 Å². The molecule has 0 spiro atoms. The molecule has 0 amide bonds. The lowest BCUT2D eigenvalue weighted by Gasteiger charge is -2.14. The second-order valence-corrected chi connectivity index (χ2v) is 3.89. The Kier molecular flexibility index (Phi) is 3.17. The average Bonchev–Trinajstić information content (AvgIpc) is 2.72. The van der Waals surface area contributed by atoms with Gasteiger partial charge in [-0.25, -0.2) is 0 Å². The lowest BCUT2D eigenvalue weighted by molar-refractivity contribution is 0.129. The molecular formula is C12H16O2. The maximum Gasteiger partial charge on any atom is 0.0793 e. The SMILES string of the molecule is O[C@@H](C[C@H]1CCOC1)c1ccccc1. The molecular weight excluding hydrogens is 176 g/mol.